The largest absolute Gasteiger partial charge is 0.493 e. The van der Waals surface area contributed by atoms with Gasteiger partial charge < -0.3 is 14.8 Å². The monoisotopic (exact) mass is 413 g/mol. The number of rotatable bonds is 8. The zero-order chi connectivity index (χ0) is 21.5. The van der Waals surface area contributed by atoms with E-state index in [1.165, 1.54) is 22.3 Å². The molecular weight excluding hydrogens is 386 g/mol. The second-order valence-corrected chi connectivity index (χ2v) is 7.41. The zero-order valence-corrected chi connectivity index (χ0v) is 17.7. The number of carbonyl (C=O) groups is 1. The van der Waals surface area contributed by atoms with E-state index in [0.29, 0.717) is 26.2 Å². The smallest absolute Gasteiger partial charge is 0.407 e. The lowest BCUT2D eigenvalue weighted by molar-refractivity contribution is 0.143. The predicted molar refractivity (Wildman–Crippen MR) is 124 cm³/mol. The van der Waals surface area contributed by atoms with E-state index in [2.05, 4.69) is 29.6 Å². The number of para-hydroxylation sites is 1. The third-order valence-electron chi connectivity index (χ3n) is 5.44. The Morgan fingerprint density at radius 2 is 1.58 bits per heavy atom. The highest BCUT2D eigenvalue weighted by atomic mass is 16.5. The van der Waals surface area contributed by atoms with Crippen LogP contribution in [0.3, 0.4) is 0 Å². The standard InChI is InChI=1S/C27H27NO3/c1-2-30-26-17-8-3-11-20(26)12-9-10-18-28-27(29)31-19-25-23-15-6-4-13-21(23)22-14-5-7-16-24(22)25/h3-9,11-17,25H,2,10,18-19H2,1H3,(H,28,29). The van der Waals surface area contributed by atoms with Gasteiger partial charge >= 0.3 is 6.09 Å². The number of hydrogen-bond donors (Lipinski definition) is 1. The average molecular weight is 414 g/mol. The van der Waals surface area contributed by atoms with Crippen molar-refractivity contribution in [2.24, 2.45) is 0 Å². The fourth-order valence-electron chi connectivity index (χ4n) is 4.02. The van der Waals surface area contributed by atoms with Gasteiger partial charge in [0.2, 0.25) is 0 Å². The number of amides is 1. The van der Waals surface area contributed by atoms with Gasteiger partial charge in [0.1, 0.15) is 12.4 Å². The number of nitrogens with one attached hydrogen (secondary N) is 1. The number of benzene rings is 3. The molecule has 0 fully saturated rings. The van der Waals surface area contributed by atoms with Gasteiger partial charge in [0.15, 0.2) is 0 Å². The molecule has 0 heterocycles. The van der Waals surface area contributed by atoms with Gasteiger partial charge in [0.25, 0.3) is 0 Å². The Hall–Kier alpha value is -3.53. The summed E-state index contributed by atoms with van der Waals surface area (Å²) in [7, 11) is 0. The molecule has 0 aromatic heterocycles. The molecule has 0 bridgehead atoms. The molecule has 3 aromatic rings. The van der Waals surface area contributed by atoms with Crippen LogP contribution in [-0.4, -0.2) is 25.9 Å². The van der Waals surface area contributed by atoms with Gasteiger partial charge in [-0.3, -0.25) is 0 Å². The van der Waals surface area contributed by atoms with Gasteiger partial charge in [-0.15, -0.1) is 0 Å². The summed E-state index contributed by atoms with van der Waals surface area (Å²) in [6.07, 6.45) is 4.38. The highest BCUT2D eigenvalue weighted by Crippen LogP contribution is 2.44. The summed E-state index contributed by atoms with van der Waals surface area (Å²) in [6.45, 7) is 3.45. The van der Waals surface area contributed by atoms with Crippen molar-refractivity contribution in [3.63, 3.8) is 0 Å². The zero-order valence-electron chi connectivity index (χ0n) is 17.7. The molecule has 0 atom stereocenters. The molecule has 0 spiro atoms. The fourth-order valence-corrected chi connectivity index (χ4v) is 4.02. The minimum Gasteiger partial charge on any atom is -0.493 e. The second-order valence-electron chi connectivity index (χ2n) is 7.41. The lowest BCUT2D eigenvalue weighted by Crippen LogP contribution is -2.26. The van der Waals surface area contributed by atoms with E-state index < -0.39 is 0 Å². The van der Waals surface area contributed by atoms with Crippen molar-refractivity contribution < 1.29 is 14.3 Å². The van der Waals surface area contributed by atoms with Crippen molar-refractivity contribution in [3.8, 4) is 16.9 Å². The SMILES string of the molecule is CCOc1ccccc1C=CCCNC(=O)OCC1c2ccccc2-c2ccccc21. The molecule has 4 heteroatoms. The summed E-state index contributed by atoms with van der Waals surface area (Å²) < 4.78 is 11.2. The third-order valence-corrected chi connectivity index (χ3v) is 5.44. The molecule has 4 rings (SSSR count). The quantitative estimate of drug-likeness (QED) is 0.459. The molecule has 0 radical (unpaired) electrons. The van der Waals surface area contributed by atoms with Gasteiger partial charge in [-0.1, -0.05) is 78.9 Å². The van der Waals surface area contributed by atoms with Crippen LogP contribution in [0.25, 0.3) is 17.2 Å². The van der Waals surface area contributed by atoms with Crippen LogP contribution in [0.4, 0.5) is 4.79 Å². The molecule has 1 N–H and O–H groups in total. The van der Waals surface area contributed by atoms with Crippen LogP contribution in [-0.2, 0) is 4.74 Å². The number of fused-ring (bicyclic) bond motifs is 3. The Bertz CT molecular complexity index is 1030. The molecule has 0 saturated heterocycles. The molecule has 1 aliphatic carbocycles. The van der Waals surface area contributed by atoms with Crippen molar-refractivity contribution in [3.05, 3.63) is 95.6 Å². The first-order chi connectivity index (χ1) is 15.3. The van der Waals surface area contributed by atoms with Crippen LogP contribution in [0, 0.1) is 0 Å². The van der Waals surface area contributed by atoms with Crippen LogP contribution in [0.2, 0.25) is 0 Å². The normalized spacial score (nSPS) is 12.4. The molecule has 3 aromatic carbocycles. The van der Waals surface area contributed by atoms with Gasteiger partial charge in [-0.2, -0.15) is 0 Å². The highest BCUT2D eigenvalue weighted by Gasteiger charge is 2.28. The first kappa shape index (κ1) is 20.7. The lowest BCUT2D eigenvalue weighted by atomic mass is 9.98. The minimum atomic E-state index is -0.384. The fraction of sp³-hybridized carbons (Fsp3) is 0.222. The first-order valence-corrected chi connectivity index (χ1v) is 10.7. The van der Waals surface area contributed by atoms with Crippen LogP contribution < -0.4 is 10.1 Å². The Labute approximate surface area is 183 Å². The molecule has 0 aliphatic heterocycles. The number of hydrogen-bond acceptors (Lipinski definition) is 3. The molecule has 31 heavy (non-hydrogen) atoms. The maximum atomic E-state index is 12.2. The first-order valence-electron chi connectivity index (χ1n) is 10.7. The summed E-state index contributed by atoms with van der Waals surface area (Å²) in [4.78, 5) is 12.2. The van der Waals surface area contributed by atoms with Crippen LogP contribution in [0.15, 0.2) is 78.9 Å². The van der Waals surface area contributed by atoms with Crippen molar-refractivity contribution >= 4 is 12.2 Å². The summed E-state index contributed by atoms with van der Waals surface area (Å²) in [6, 6.07) is 24.6. The van der Waals surface area contributed by atoms with Gasteiger partial charge in [-0.05, 0) is 41.7 Å². The Morgan fingerprint density at radius 3 is 2.29 bits per heavy atom. The predicted octanol–water partition coefficient (Wildman–Crippen LogP) is 6.03. The summed E-state index contributed by atoms with van der Waals surface area (Å²) >= 11 is 0. The average Bonchev–Trinajstić information content (AvgIpc) is 3.12. The van der Waals surface area contributed by atoms with E-state index >= 15 is 0 Å². The summed E-state index contributed by atoms with van der Waals surface area (Å²) in [5.41, 5.74) is 5.92. The lowest BCUT2D eigenvalue weighted by Gasteiger charge is -2.14. The van der Waals surface area contributed by atoms with E-state index in [0.717, 1.165) is 11.3 Å². The van der Waals surface area contributed by atoms with E-state index in [-0.39, 0.29) is 12.0 Å². The van der Waals surface area contributed by atoms with Crippen molar-refractivity contribution in [2.75, 3.05) is 19.8 Å². The second kappa shape index (κ2) is 9.98. The molecule has 1 aliphatic rings. The van der Waals surface area contributed by atoms with E-state index in [1.807, 2.05) is 67.6 Å². The summed E-state index contributed by atoms with van der Waals surface area (Å²) in [5, 5.41) is 2.84. The molecule has 0 unspecified atom stereocenters. The van der Waals surface area contributed by atoms with Crippen LogP contribution >= 0.6 is 0 Å². The van der Waals surface area contributed by atoms with Gasteiger partial charge in [-0.25, -0.2) is 4.79 Å². The van der Waals surface area contributed by atoms with Crippen LogP contribution in [0.1, 0.15) is 36.0 Å². The molecular formula is C27H27NO3. The maximum Gasteiger partial charge on any atom is 0.407 e. The third kappa shape index (κ3) is 4.80. The molecule has 1 amide bonds. The van der Waals surface area contributed by atoms with Gasteiger partial charge in [0, 0.05) is 18.0 Å². The van der Waals surface area contributed by atoms with Crippen molar-refractivity contribution in [1.29, 1.82) is 0 Å². The molecule has 4 nitrogen and oxygen atoms in total. The molecule has 0 saturated carbocycles. The van der Waals surface area contributed by atoms with Gasteiger partial charge in [0.05, 0.1) is 6.61 Å². The van der Waals surface area contributed by atoms with Crippen LogP contribution in [0.5, 0.6) is 5.75 Å². The number of ether oxygens (including phenoxy) is 2. The van der Waals surface area contributed by atoms with Crippen molar-refractivity contribution in [1.82, 2.24) is 5.32 Å². The van der Waals surface area contributed by atoms with E-state index in [4.69, 9.17) is 9.47 Å². The Morgan fingerprint density at radius 1 is 0.935 bits per heavy atom. The maximum absolute atomic E-state index is 12.2. The molecule has 158 valence electrons. The topological polar surface area (TPSA) is 47.6 Å². The highest BCUT2D eigenvalue weighted by molar-refractivity contribution is 5.79. The Balaban J connectivity index is 1.27. The number of alkyl carbamates (subject to hydrolysis) is 1. The van der Waals surface area contributed by atoms with E-state index in [9.17, 15) is 4.79 Å². The Kier molecular flexibility index (Phi) is 6.68. The minimum absolute atomic E-state index is 0.0770. The van der Waals surface area contributed by atoms with E-state index in [1.54, 1.807) is 0 Å². The number of carbonyl (C=O) groups excluding carboxylic acids is 1. The van der Waals surface area contributed by atoms with Crippen molar-refractivity contribution in [2.45, 2.75) is 19.3 Å². The summed E-state index contributed by atoms with van der Waals surface area (Å²) in [5.74, 6) is 0.943.